The number of hydrogen-bond donors (Lipinski definition) is 0. The largest absolute Gasteiger partial charge is 0.353 e. The van der Waals surface area contributed by atoms with E-state index in [2.05, 4.69) is 95.4 Å². The van der Waals surface area contributed by atoms with Crippen molar-refractivity contribution in [2.45, 2.75) is 65.5 Å². The Morgan fingerprint density at radius 3 is 2.44 bits per heavy atom. The lowest BCUT2D eigenvalue weighted by atomic mass is 9.52. The molecule has 3 heteroatoms. The minimum atomic E-state index is -0.0198. The molecule has 5 rings (SSSR count). The molecule has 2 atom stereocenters. The number of anilines is 1. The molecule has 0 aliphatic carbocycles. The van der Waals surface area contributed by atoms with Gasteiger partial charge in [0, 0.05) is 40.2 Å². The van der Waals surface area contributed by atoms with E-state index >= 15 is 0 Å². The third-order valence-corrected chi connectivity index (χ3v) is 9.93. The standard InChI is InChI=1S/C24H30N2S/c1-14-10-9-11-17-19(14)26-15(2)18-16-12-13-25(8)21(16)27-20(18)24(26,7)23(5,6)22(17,3)4/h9-13,15H,1-8H3. The maximum atomic E-state index is 2.76. The highest BCUT2D eigenvalue weighted by molar-refractivity contribution is 7.19. The van der Waals surface area contributed by atoms with Crippen molar-refractivity contribution < 1.29 is 0 Å². The Balaban J connectivity index is 1.93. The van der Waals surface area contributed by atoms with Crippen LogP contribution in [0.3, 0.4) is 0 Å². The summed E-state index contributed by atoms with van der Waals surface area (Å²) in [6, 6.07) is 9.59. The van der Waals surface area contributed by atoms with Gasteiger partial charge >= 0.3 is 0 Å². The molecule has 0 spiro atoms. The first-order chi connectivity index (χ1) is 12.5. The highest BCUT2D eigenvalue weighted by Gasteiger charge is 2.64. The van der Waals surface area contributed by atoms with Gasteiger partial charge in [-0.2, -0.15) is 0 Å². The van der Waals surface area contributed by atoms with Crippen molar-refractivity contribution in [3.63, 3.8) is 0 Å². The zero-order chi connectivity index (χ0) is 19.5. The van der Waals surface area contributed by atoms with Crippen LogP contribution in [0, 0.1) is 12.3 Å². The number of aromatic nitrogens is 1. The van der Waals surface area contributed by atoms with Crippen LogP contribution in [0.4, 0.5) is 5.69 Å². The van der Waals surface area contributed by atoms with Crippen molar-refractivity contribution in [2.24, 2.45) is 12.5 Å². The van der Waals surface area contributed by atoms with E-state index in [-0.39, 0.29) is 16.4 Å². The van der Waals surface area contributed by atoms with Crippen LogP contribution < -0.4 is 4.90 Å². The monoisotopic (exact) mass is 378 g/mol. The molecule has 2 unspecified atom stereocenters. The number of benzene rings is 1. The molecular formula is C24H30N2S. The molecule has 2 aliphatic heterocycles. The molecule has 2 aromatic heterocycles. The lowest BCUT2D eigenvalue weighted by molar-refractivity contribution is 0.0672. The third kappa shape index (κ3) is 1.65. The SMILES string of the molecule is Cc1cccc2c1N1C(C)c3c(sc4c3ccn4C)C1(C)C(C)(C)C2(C)C. The number of rotatable bonds is 0. The fourth-order valence-electron chi connectivity index (χ4n) is 5.95. The third-order valence-electron chi connectivity index (χ3n) is 8.41. The second kappa shape index (κ2) is 4.81. The molecule has 27 heavy (non-hydrogen) atoms. The highest BCUT2D eigenvalue weighted by Crippen LogP contribution is 2.69. The van der Waals surface area contributed by atoms with Crippen molar-refractivity contribution in [3.05, 3.63) is 52.0 Å². The fourth-order valence-corrected chi connectivity index (χ4v) is 7.58. The molecule has 0 bridgehead atoms. The number of nitrogens with zero attached hydrogens (tertiary/aromatic N) is 2. The van der Waals surface area contributed by atoms with E-state index in [4.69, 9.17) is 0 Å². The second-order valence-electron chi connectivity index (χ2n) is 9.83. The molecule has 1 aromatic carbocycles. The van der Waals surface area contributed by atoms with Crippen molar-refractivity contribution in [2.75, 3.05) is 4.90 Å². The number of thiophene rings is 1. The molecule has 142 valence electrons. The summed E-state index contributed by atoms with van der Waals surface area (Å²) in [7, 11) is 2.17. The summed E-state index contributed by atoms with van der Waals surface area (Å²) < 4.78 is 2.29. The molecule has 3 aromatic rings. The van der Waals surface area contributed by atoms with Crippen LogP contribution in [-0.4, -0.2) is 4.57 Å². The van der Waals surface area contributed by atoms with Gasteiger partial charge < -0.3 is 9.47 Å². The van der Waals surface area contributed by atoms with E-state index in [0.717, 1.165) is 0 Å². The van der Waals surface area contributed by atoms with Gasteiger partial charge in [-0.25, -0.2) is 0 Å². The van der Waals surface area contributed by atoms with Crippen LogP contribution >= 0.6 is 11.3 Å². The van der Waals surface area contributed by atoms with E-state index in [9.17, 15) is 0 Å². The molecule has 2 aliphatic rings. The lowest BCUT2D eigenvalue weighted by Gasteiger charge is -2.62. The number of aryl methyl sites for hydroxylation is 2. The fraction of sp³-hybridized carbons (Fsp3) is 0.500. The predicted molar refractivity (Wildman–Crippen MR) is 117 cm³/mol. The summed E-state index contributed by atoms with van der Waals surface area (Å²) in [5.41, 5.74) is 6.05. The Labute approximate surface area is 166 Å². The topological polar surface area (TPSA) is 8.17 Å². The molecule has 0 amide bonds. The van der Waals surface area contributed by atoms with Gasteiger partial charge in [-0.3, -0.25) is 0 Å². The molecule has 0 saturated carbocycles. The molecular weight excluding hydrogens is 348 g/mol. The Morgan fingerprint density at radius 1 is 1.04 bits per heavy atom. The Hall–Kier alpha value is -1.74. The van der Waals surface area contributed by atoms with E-state index in [1.165, 1.54) is 27.0 Å². The summed E-state index contributed by atoms with van der Waals surface area (Å²) in [6.07, 6.45) is 2.21. The summed E-state index contributed by atoms with van der Waals surface area (Å²) >= 11 is 2.01. The Kier molecular flexibility index (Phi) is 3.09. The maximum absolute atomic E-state index is 2.76. The average molecular weight is 379 g/mol. The second-order valence-corrected chi connectivity index (χ2v) is 10.8. The zero-order valence-corrected chi connectivity index (χ0v) is 18.6. The van der Waals surface area contributed by atoms with E-state index in [1.807, 2.05) is 11.3 Å². The Morgan fingerprint density at radius 2 is 1.74 bits per heavy atom. The van der Waals surface area contributed by atoms with Gasteiger partial charge in [0.15, 0.2) is 0 Å². The number of para-hydroxylation sites is 1. The molecule has 0 saturated heterocycles. The quantitative estimate of drug-likeness (QED) is 0.424. The first-order valence-electron chi connectivity index (χ1n) is 10.0. The highest BCUT2D eigenvalue weighted by atomic mass is 32.1. The average Bonchev–Trinajstić information content (AvgIpc) is 3.20. The summed E-state index contributed by atoms with van der Waals surface area (Å²) in [6.45, 7) is 17.1. The van der Waals surface area contributed by atoms with E-state index < -0.39 is 0 Å². The number of fused-ring (bicyclic) bond motifs is 7. The van der Waals surface area contributed by atoms with E-state index in [1.54, 1.807) is 10.4 Å². The van der Waals surface area contributed by atoms with Crippen molar-refractivity contribution in [3.8, 4) is 0 Å². The molecule has 0 fully saturated rings. The smallest absolute Gasteiger partial charge is 0.103 e. The van der Waals surface area contributed by atoms with Crippen LogP contribution in [-0.2, 0) is 18.0 Å². The van der Waals surface area contributed by atoms with Gasteiger partial charge in [0.05, 0.1) is 11.6 Å². The maximum Gasteiger partial charge on any atom is 0.103 e. The summed E-state index contributed by atoms with van der Waals surface area (Å²) in [5.74, 6) is 0. The van der Waals surface area contributed by atoms with Crippen molar-refractivity contribution in [1.29, 1.82) is 0 Å². The van der Waals surface area contributed by atoms with Gasteiger partial charge in [-0.05, 0) is 43.4 Å². The molecule has 2 nitrogen and oxygen atoms in total. The van der Waals surface area contributed by atoms with Crippen LogP contribution in [0.25, 0.3) is 10.2 Å². The van der Waals surface area contributed by atoms with Crippen LogP contribution in [0.5, 0.6) is 0 Å². The minimum absolute atomic E-state index is 0.0198. The Bertz CT molecular complexity index is 1100. The molecule has 0 N–H and O–H groups in total. The van der Waals surface area contributed by atoms with Gasteiger partial charge in [0.2, 0.25) is 0 Å². The molecule has 4 heterocycles. The first-order valence-corrected chi connectivity index (χ1v) is 10.8. The number of hydrogen-bond acceptors (Lipinski definition) is 2. The van der Waals surface area contributed by atoms with E-state index in [0.29, 0.717) is 6.04 Å². The first kappa shape index (κ1) is 17.4. The van der Waals surface area contributed by atoms with Crippen LogP contribution in [0.15, 0.2) is 30.5 Å². The molecule has 0 radical (unpaired) electrons. The summed E-state index contributed by atoms with van der Waals surface area (Å²) in [4.78, 5) is 5.75. The lowest BCUT2D eigenvalue weighted by Crippen LogP contribution is -2.61. The van der Waals surface area contributed by atoms with Gasteiger partial charge in [0.1, 0.15) is 4.83 Å². The van der Waals surface area contributed by atoms with Gasteiger partial charge in [0.25, 0.3) is 0 Å². The van der Waals surface area contributed by atoms with Crippen molar-refractivity contribution >= 4 is 27.2 Å². The zero-order valence-electron chi connectivity index (χ0n) is 17.8. The van der Waals surface area contributed by atoms with Gasteiger partial charge in [-0.1, -0.05) is 45.9 Å². The van der Waals surface area contributed by atoms with Crippen molar-refractivity contribution in [1.82, 2.24) is 4.57 Å². The van der Waals surface area contributed by atoms with Gasteiger partial charge in [-0.15, -0.1) is 11.3 Å². The van der Waals surface area contributed by atoms with Crippen LogP contribution in [0.1, 0.15) is 69.2 Å². The summed E-state index contributed by atoms with van der Waals surface area (Å²) in [5, 5.41) is 1.45. The predicted octanol–water partition coefficient (Wildman–Crippen LogP) is 6.66. The van der Waals surface area contributed by atoms with Crippen LogP contribution in [0.2, 0.25) is 0 Å². The minimum Gasteiger partial charge on any atom is -0.353 e. The normalized spacial score (nSPS) is 27.6.